The van der Waals surface area contributed by atoms with Gasteiger partial charge in [0.25, 0.3) is 0 Å². The lowest BCUT2D eigenvalue weighted by atomic mass is 10.1. The second-order valence-corrected chi connectivity index (χ2v) is 3.96. The Morgan fingerprint density at radius 1 is 1.44 bits per heavy atom. The van der Waals surface area contributed by atoms with E-state index in [0.717, 1.165) is 0 Å². The SMILES string of the molecule is COCCNC(C#N)c1c(Cl)cccc1Cl. The number of rotatable bonds is 5. The maximum absolute atomic E-state index is 9.06. The highest BCUT2D eigenvalue weighted by Crippen LogP contribution is 2.29. The molecular formula is C11H12Cl2N2O. The molecule has 0 heterocycles. The summed E-state index contributed by atoms with van der Waals surface area (Å²) in [6, 6.07) is 6.78. The lowest BCUT2D eigenvalue weighted by molar-refractivity contribution is 0.198. The Morgan fingerprint density at radius 2 is 2.06 bits per heavy atom. The summed E-state index contributed by atoms with van der Waals surface area (Å²) in [6.45, 7) is 1.09. The monoisotopic (exact) mass is 258 g/mol. The summed E-state index contributed by atoms with van der Waals surface area (Å²) in [7, 11) is 1.60. The molecule has 5 heteroatoms. The van der Waals surface area contributed by atoms with Crippen molar-refractivity contribution in [1.29, 1.82) is 5.26 Å². The van der Waals surface area contributed by atoms with Crippen LogP contribution < -0.4 is 5.32 Å². The van der Waals surface area contributed by atoms with Gasteiger partial charge >= 0.3 is 0 Å². The van der Waals surface area contributed by atoms with Crippen LogP contribution in [0.2, 0.25) is 10.0 Å². The van der Waals surface area contributed by atoms with Crippen molar-refractivity contribution in [2.24, 2.45) is 0 Å². The molecule has 0 bridgehead atoms. The van der Waals surface area contributed by atoms with E-state index in [-0.39, 0.29) is 0 Å². The van der Waals surface area contributed by atoms with Crippen molar-refractivity contribution in [3.05, 3.63) is 33.8 Å². The number of methoxy groups -OCH3 is 1. The van der Waals surface area contributed by atoms with Gasteiger partial charge in [-0.25, -0.2) is 0 Å². The predicted octanol–water partition coefficient (Wildman–Crippen LogP) is 2.79. The number of nitrogens with one attached hydrogen (secondary N) is 1. The maximum Gasteiger partial charge on any atom is 0.124 e. The Morgan fingerprint density at radius 3 is 2.56 bits per heavy atom. The third-order valence-corrected chi connectivity index (χ3v) is 2.73. The summed E-state index contributed by atoms with van der Waals surface area (Å²) in [4.78, 5) is 0. The van der Waals surface area contributed by atoms with Gasteiger partial charge in [0.2, 0.25) is 0 Å². The zero-order valence-electron chi connectivity index (χ0n) is 8.84. The van der Waals surface area contributed by atoms with Crippen molar-refractivity contribution in [3.63, 3.8) is 0 Å². The molecule has 0 radical (unpaired) electrons. The first-order valence-corrected chi connectivity index (χ1v) is 5.52. The molecule has 0 aromatic heterocycles. The van der Waals surface area contributed by atoms with Crippen molar-refractivity contribution in [2.45, 2.75) is 6.04 Å². The Labute approximate surface area is 105 Å². The first-order chi connectivity index (χ1) is 7.70. The van der Waals surface area contributed by atoms with Crippen molar-refractivity contribution >= 4 is 23.2 Å². The fourth-order valence-electron chi connectivity index (χ4n) is 1.30. The minimum atomic E-state index is -0.517. The van der Waals surface area contributed by atoms with Gasteiger partial charge in [0.05, 0.1) is 12.7 Å². The third-order valence-electron chi connectivity index (χ3n) is 2.07. The lowest BCUT2D eigenvalue weighted by Gasteiger charge is -2.14. The Hall–Kier alpha value is -0.790. The number of nitriles is 1. The molecule has 86 valence electrons. The van der Waals surface area contributed by atoms with Gasteiger partial charge in [-0.2, -0.15) is 5.26 Å². The van der Waals surface area contributed by atoms with E-state index >= 15 is 0 Å². The molecule has 0 saturated heterocycles. The normalized spacial score (nSPS) is 12.1. The average molecular weight is 259 g/mol. The van der Waals surface area contributed by atoms with Crippen molar-refractivity contribution in [3.8, 4) is 6.07 Å². The quantitative estimate of drug-likeness (QED) is 0.827. The molecule has 1 aromatic rings. The van der Waals surface area contributed by atoms with E-state index in [9.17, 15) is 0 Å². The highest BCUT2D eigenvalue weighted by molar-refractivity contribution is 6.36. The molecule has 0 aliphatic carbocycles. The molecule has 1 unspecified atom stereocenters. The third kappa shape index (κ3) is 3.36. The van der Waals surface area contributed by atoms with Gasteiger partial charge in [-0.3, -0.25) is 5.32 Å². The Balaban J connectivity index is 2.83. The minimum Gasteiger partial charge on any atom is -0.383 e. The van der Waals surface area contributed by atoms with Crippen LogP contribution in [0.3, 0.4) is 0 Å². The minimum absolute atomic E-state index is 0.490. The molecule has 1 aromatic carbocycles. The van der Waals surface area contributed by atoms with Crippen molar-refractivity contribution in [1.82, 2.24) is 5.32 Å². The summed E-state index contributed by atoms with van der Waals surface area (Å²) in [5.41, 5.74) is 0.615. The number of hydrogen-bond donors (Lipinski definition) is 1. The molecule has 0 aliphatic rings. The van der Waals surface area contributed by atoms with Crippen molar-refractivity contribution < 1.29 is 4.74 Å². The fraction of sp³-hybridized carbons (Fsp3) is 0.364. The lowest BCUT2D eigenvalue weighted by Crippen LogP contribution is -2.24. The molecular weight excluding hydrogens is 247 g/mol. The van der Waals surface area contributed by atoms with Crippen LogP contribution in [0.1, 0.15) is 11.6 Å². The van der Waals surface area contributed by atoms with E-state index in [2.05, 4.69) is 11.4 Å². The predicted molar refractivity (Wildman–Crippen MR) is 64.7 cm³/mol. The largest absolute Gasteiger partial charge is 0.383 e. The van der Waals surface area contributed by atoms with Gasteiger partial charge in [0, 0.05) is 29.3 Å². The molecule has 3 nitrogen and oxygen atoms in total. The summed E-state index contributed by atoms with van der Waals surface area (Å²) >= 11 is 12.0. The van der Waals surface area contributed by atoms with Crippen LogP contribution in [0.4, 0.5) is 0 Å². The molecule has 16 heavy (non-hydrogen) atoms. The van der Waals surface area contributed by atoms with Gasteiger partial charge in [-0.15, -0.1) is 0 Å². The highest BCUT2D eigenvalue weighted by atomic mass is 35.5. The van der Waals surface area contributed by atoms with E-state index in [0.29, 0.717) is 28.8 Å². The van der Waals surface area contributed by atoms with Gasteiger partial charge in [0.1, 0.15) is 6.04 Å². The number of benzene rings is 1. The molecule has 0 fully saturated rings. The first-order valence-electron chi connectivity index (χ1n) is 4.76. The zero-order chi connectivity index (χ0) is 12.0. The summed E-state index contributed by atoms with van der Waals surface area (Å²) in [5.74, 6) is 0. The second-order valence-electron chi connectivity index (χ2n) is 3.14. The van der Waals surface area contributed by atoms with Gasteiger partial charge in [-0.1, -0.05) is 29.3 Å². The van der Waals surface area contributed by atoms with Crippen molar-refractivity contribution in [2.75, 3.05) is 20.3 Å². The topological polar surface area (TPSA) is 45.0 Å². The molecule has 1 atom stereocenters. The second kappa shape index (κ2) is 6.72. The van der Waals surface area contributed by atoms with E-state index in [1.807, 2.05) is 0 Å². The molecule has 0 aliphatic heterocycles. The van der Waals surface area contributed by atoms with E-state index in [4.69, 9.17) is 33.2 Å². The first kappa shape index (κ1) is 13.3. The molecule has 0 spiro atoms. The summed E-state index contributed by atoms with van der Waals surface area (Å²) in [5, 5.41) is 13.0. The number of halogens is 2. The molecule has 0 amide bonds. The average Bonchev–Trinajstić information content (AvgIpc) is 2.26. The highest BCUT2D eigenvalue weighted by Gasteiger charge is 2.16. The van der Waals surface area contributed by atoms with Gasteiger partial charge < -0.3 is 4.74 Å². The molecule has 1 N–H and O–H groups in total. The van der Waals surface area contributed by atoms with E-state index in [1.165, 1.54) is 0 Å². The number of hydrogen-bond acceptors (Lipinski definition) is 3. The van der Waals surface area contributed by atoms with E-state index < -0.39 is 6.04 Å². The number of nitrogens with zero attached hydrogens (tertiary/aromatic N) is 1. The smallest absolute Gasteiger partial charge is 0.124 e. The summed E-state index contributed by atoms with van der Waals surface area (Å²) < 4.78 is 4.90. The maximum atomic E-state index is 9.06. The zero-order valence-corrected chi connectivity index (χ0v) is 10.3. The van der Waals surface area contributed by atoms with Crippen LogP contribution in [-0.2, 0) is 4.74 Å². The van der Waals surface area contributed by atoms with Crippen LogP contribution >= 0.6 is 23.2 Å². The standard InChI is InChI=1S/C11H12Cl2N2O/c1-16-6-5-15-10(7-14)11-8(12)3-2-4-9(11)13/h2-4,10,15H,5-6H2,1H3. The van der Waals surface area contributed by atoms with Crippen LogP contribution in [0.15, 0.2) is 18.2 Å². The Bertz CT molecular complexity index is 370. The van der Waals surface area contributed by atoms with Gasteiger partial charge in [-0.05, 0) is 12.1 Å². The van der Waals surface area contributed by atoms with Crippen LogP contribution in [0, 0.1) is 11.3 Å². The van der Waals surface area contributed by atoms with Crippen LogP contribution in [0.25, 0.3) is 0 Å². The number of ether oxygens (including phenoxy) is 1. The van der Waals surface area contributed by atoms with Crippen LogP contribution in [0.5, 0.6) is 0 Å². The molecule has 1 rings (SSSR count). The van der Waals surface area contributed by atoms with E-state index in [1.54, 1.807) is 25.3 Å². The van der Waals surface area contributed by atoms with Crippen LogP contribution in [-0.4, -0.2) is 20.3 Å². The van der Waals surface area contributed by atoms with Gasteiger partial charge in [0.15, 0.2) is 0 Å². The fourth-order valence-corrected chi connectivity index (χ4v) is 1.92. The molecule has 0 saturated carbocycles. The summed E-state index contributed by atoms with van der Waals surface area (Å²) in [6.07, 6.45) is 0. The Kier molecular flexibility index (Phi) is 5.58.